The molecule has 1 unspecified atom stereocenters. The van der Waals surface area contributed by atoms with Crippen molar-refractivity contribution in [1.29, 1.82) is 0 Å². The highest BCUT2D eigenvalue weighted by Crippen LogP contribution is 2.34. The summed E-state index contributed by atoms with van der Waals surface area (Å²) >= 11 is 0. The van der Waals surface area contributed by atoms with E-state index in [2.05, 4.69) is 10.3 Å². The number of furan rings is 1. The summed E-state index contributed by atoms with van der Waals surface area (Å²) in [5.74, 6) is 2.12. The molecule has 1 N–H and O–H groups in total. The highest BCUT2D eigenvalue weighted by molar-refractivity contribution is 5.85. The van der Waals surface area contributed by atoms with Gasteiger partial charge >= 0.3 is 0 Å². The van der Waals surface area contributed by atoms with Crippen LogP contribution in [0, 0.1) is 0 Å². The maximum Gasteiger partial charge on any atom is 0.210 e. The largest absolute Gasteiger partial charge is 0.489 e. The zero-order valence-corrected chi connectivity index (χ0v) is 17.3. The van der Waals surface area contributed by atoms with Crippen molar-refractivity contribution in [2.75, 3.05) is 26.2 Å². The van der Waals surface area contributed by atoms with Crippen molar-refractivity contribution in [3.63, 3.8) is 0 Å². The van der Waals surface area contributed by atoms with Crippen molar-refractivity contribution in [2.45, 2.75) is 5.54 Å². The summed E-state index contributed by atoms with van der Waals surface area (Å²) in [5.41, 5.74) is 0.275. The quantitative estimate of drug-likeness (QED) is 0.599. The minimum Gasteiger partial charge on any atom is -0.489 e. The third-order valence-corrected chi connectivity index (χ3v) is 4.86. The smallest absolute Gasteiger partial charge is 0.210 e. The number of hydrogen-bond donors (Lipinski definition) is 1. The lowest BCUT2D eigenvalue weighted by Crippen LogP contribution is -2.61. The molecule has 29 heavy (non-hydrogen) atoms. The number of aromatic nitrogens is 1. The lowest BCUT2D eigenvalue weighted by atomic mass is 9.93. The highest BCUT2D eigenvalue weighted by atomic mass is 35.5. The van der Waals surface area contributed by atoms with E-state index in [9.17, 15) is 4.79 Å². The monoisotopic (exact) mass is 435 g/mol. The Bertz CT molecular complexity index is 892. The fraction of sp³-hybridized carbons (Fsp3) is 0.238. The topological polar surface area (TPSA) is 67.6 Å². The highest BCUT2D eigenvalue weighted by Gasteiger charge is 2.44. The van der Waals surface area contributed by atoms with Crippen LogP contribution in [0.5, 0.6) is 5.75 Å². The van der Waals surface area contributed by atoms with E-state index in [0.717, 1.165) is 24.3 Å². The summed E-state index contributed by atoms with van der Waals surface area (Å²) in [5, 5.41) is 3.37. The van der Waals surface area contributed by atoms with Crippen LogP contribution in [-0.2, 0) is 10.3 Å². The van der Waals surface area contributed by atoms with E-state index in [0.29, 0.717) is 24.6 Å². The molecule has 1 aromatic carbocycles. The summed E-state index contributed by atoms with van der Waals surface area (Å²) in [6.07, 6.45) is 4.23. The molecule has 1 atom stereocenters. The van der Waals surface area contributed by atoms with Gasteiger partial charge in [0, 0.05) is 31.4 Å². The van der Waals surface area contributed by atoms with Gasteiger partial charge < -0.3 is 19.4 Å². The number of benzene rings is 1. The van der Waals surface area contributed by atoms with Crippen LogP contribution >= 0.6 is 24.8 Å². The Morgan fingerprint density at radius 1 is 1.14 bits per heavy atom. The van der Waals surface area contributed by atoms with Gasteiger partial charge in [-0.15, -0.1) is 24.8 Å². The van der Waals surface area contributed by atoms with Gasteiger partial charge in [0.1, 0.15) is 29.4 Å². The van der Waals surface area contributed by atoms with Crippen LogP contribution < -0.4 is 10.1 Å². The number of carbonyl (C=O) groups is 1. The molecule has 4 rings (SSSR count). The van der Waals surface area contributed by atoms with Gasteiger partial charge in [-0.3, -0.25) is 9.78 Å². The van der Waals surface area contributed by atoms with Crippen molar-refractivity contribution in [3.8, 4) is 17.1 Å². The van der Waals surface area contributed by atoms with Gasteiger partial charge in [-0.1, -0.05) is 30.3 Å². The van der Waals surface area contributed by atoms with Gasteiger partial charge in [0.25, 0.3) is 0 Å². The zero-order chi connectivity index (χ0) is 18.5. The number of ether oxygens (including phenoxy) is 1. The Labute approximate surface area is 182 Å². The van der Waals surface area contributed by atoms with Crippen molar-refractivity contribution in [1.82, 2.24) is 15.2 Å². The van der Waals surface area contributed by atoms with Gasteiger partial charge in [-0.25, -0.2) is 0 Å². The number of amides is 1. The molecule has 2 aromatic heterocycles. The molecule has 8 heteroatoms. The van der Waals surface area contributed by atoms with Crippen molar-refractivity contribution in [2.24, 2.45) is 0 Å². The van der Waals surface area contributed by atoms with E-state index in [-0.39, 0.29) is 31.4 Å². The van der Waals surface area contributed by atoms with E-state index in [1.54, 1.807) is 17.3 Å². The van der Waals surface area contributed by atoms with Gasteiger partial charge in [0.15, 0.2) is 0 Å². The van der Waals surface area contributed by atoms with E-state index in [1.165, 1.54) is 0 Å². The van der Waals surface area contributed by atoms with Crippen LogP contribution in [-0.4, -0.2) is 42.5 Å². The Morgan fingerprint density at radius 3 is 2.69 bits per heavy atom. The second-order valence-electron chi connectivity index (χ2n) is 6.51. The first-order valence-electron chi connectivity index (χ1n) is 8.93. The van der Waals surface area contributed by atoms with Gasteiger partial charge in [-0.05, 0) is 24.3 Å². The summed E-state index contributed by atoms with van der Waals surface area (Å²) in [6, 6.07) is 17.4. The summed E-state index contributed by atoms with van der Waals surface area (Å²) in [6.45, 7) is 2.14. The van der Waals surface area contributed by atoms with Crippen LogP contribution in [0.25, 0.3) is 11.3 Å². The van der Waals surface area contributed by atoms with E-state index in [4.69, 9.17) is 9.15 Å². The van der Waals surface area contributed by atoms with Crippen LogP contribution in [0.4, 0.5) is 0 Å². The number of piperazine rings is 1. The molecule has 0 spiro atoms. The average Bonchev–Trinajstić information content (AvgIpc) is 3.25. The number of hydrogen-bond acceptors (Lipinski definition) is 5. The number of nitrogens with one attached hydrogen (secondary N) is 1. The standard InChI is InChI=1S/C21H21N3O3.2ClH/c25-16-24-12-11-23-14-21(24,15-26-18-7-4-10-22-13-18)20-9-8-19(27-20)17-5-2-1-3-6-17;;/h1-10,13,16,23H,11-12,14-15H2;2*1H. The predicted molar refractivity (Wildman–Crippen MR) is 116 cm³/mol. The summed E-state index contributed by atoms with van der Waals surface area (Å²) in [4.78, 5) is 17.7. The molecule has 154 valence electrons. The maximum atomic E-state index is 11.8. The number of rotatable bonds is 6. The van der Waals surface area contributed by atoms with Gasteiger partial charge in [-0.2, -0.15) is 0 Å². The van der Waals surface area contributed by atoms with Crippen LogP contribution in [0.2, 0.25) is 0 Å². The second-order valence-corrected chi connectivity index (χ2v) is 6.51. The summed E-state index contributed by atoms with van der Waals surface area (Å²) < 4.78 is 12.2. The Balaban J connectivity index is 0.00000150. The lowest BCUT2D eigenvalue weighted by molar-refractivity contribution is -0.128. The van der Waals surface area contributed by atoms with Crippen LogP contribution in [0.1, 0.15) is 5.76 Å². The Hall–Kier alpha value is -2.54. The third kappa shape index (κ3) is 4.72. The molecule has 1 fully saturated rings. The minimum absolute atomic E-state index is 0. The van der Waals surface area contributed by atoms with E-state index >= 15 is 0 Å². The van der Waals surface area contributed by atoms with E-state index < -0.39 is 5.54 Å². The second kappa shape index (κ2) is 10.3. The molecular formula is C21H23Cl2N3O3. The fourth-order valence-electron chi connectivity index (χ4n) is 3.38. The predicted octanol–water partition coefficient (Wildman–Crippen LogP) is 3.52. The van der Waals surface area contributed by atoms with Crippen LogP contribution in [0.3, 0.4) is 0 Å². The summed E-state index contributed by atoms with van der Waals surface area (Å²) in [7, 11) is 0. The molecule has 1 aliphatic heterocycles. The Morgan fingerprint density at radius 2 is 1.97 bits per heavy atom. The molecule has 1 aliphatic rings. The molecule has 0 bridgehead atoms. The first-order chi connectivity index (χ1) is 13.3. The Kier molecular flexibility index (Phi) is 8.08. The molecule has 3 heterocycles. The molecule has 0 aliphatic carbocycles. The SMILES string of the molecule is Cl.Cl.O=CN1CCNCC1(COc1cccnc1)c1ccc(-c2ccccc2)o1. The fourth-order valence-corrected chi connectivity index (χ4v) is 3.38. The van der Waals surface area contributed by atoms with Gasteiger partial charge in [0.05, 0.1) is 6.20 Å². The number of pyridine rings is 1. The number of carbonyl (C=O) groups excluding carboxylic acids is 1. The average molecular weight is 436 g/mol. The molecule has 1 amide bonds. The molecule has 1 saturated heterocycles. The maximum absolute atomic E-state index is 11.8. The molecular weight excluding hydrogens is 413 g/mol. The van der Waals surface area contributed by atoms with Crippen molar-refractivity contribution < 1.29 is 13.9 Å². The van der Waals surface area contributed by atoms with Gasteiger partial charge in [0.2, 0.25) is 6.41 Å². The van der Waals surface area contributed by atoms with E-state index in [1.807, 2.05) is 54.6 Å². The van der Waals surface area contributed by atoms with Crippen LogP contribution in [0.15, 0.2) is 71.4 Å². The minimum atomic E-state index is -0.719. The van der Waals surface area contributed by atoms with Crippen molar-refractivity contribution >= 4 is 31.2 Å². The molecule has 0 radical (unpaired) electrons. The first kappa shape index (κ1) is 22.7. The molecule has 0 saturated carbocycles. The molecule has 3 aromatic rings. The van der Waals surface area contributed by atoms with Crippen molar-refractivity contribution in [3.05, 3.63) is 72.8 Å². The number of nitrogens with zero attached hydrogens (tertiary/aromatic N) is 2. The third-order valence-electron chi connectivity index (χ3n) is 4.86. The first-order valence-corrected chi connectivity index (χ1v) is 8.93. The lowest BCUT2D eigenvalue weighted by Gasteiger charge is -2.43. The molecule has 6 nitrogen and oxygen atoms in total. The normalized spacial score (nSPS) is 18.3. The zero-order valence-electron chi connectivity index (χ0n) is 15.7. The number of halogens is 2.